The maximum absolute atomic E-state index is 12.2. The highest BCUT2D eigenvalue weighted by molar-refractivity contribution is 7.87. The van der Waals surface area contributed by atoms with Crippen molar-refractivity contribution < 1.29 is 8.42 Å². The fourth-order valence-electron chi connectivity index (χ4n) is 3.22. The summed E-state index contributed by atoms with van der Waals surface area (Å²) in [5.74, 6) is 0. The van der Waals surface area contributed by atoms with E-state index in [1.807, 2.05) is 37.3 Å². The molecule has 1 atom stereocenters. The van der Waals surface area contributed by atoms with Gasteiger partial charge in [-0.3, -0.25) is 4.90 Å². The lowest BCUT2D eigenvalue weighted by atomic mass is 10.00. The molecule has 2 N–H and O–H groups in total. The zero-order valence-corrected chi connectivity index (χ0v) is 15.3. The van der Waals surface area contributed by atoms with Gasteiger partial charge in [-0.15, -0.1) is 0 Å². The summed E-state index contributed by atoms with van der Waals surface area (Å²) in [5.41, 5.74) is 3.68. The van der Waals surface area contributed by atoms with E-state index in [4.69, 9.17) is 0 Å². The van der Waals surface area contributed by atoms with Gasteiger partial charge in [-0.1, -0.05) is 54.6 Å². The van der Waals surface area contributed by atoms with Crippen molar-refractivity contribution >= 4 is 10.2 Å². The lowest BCUT2D eigenvalue weighted by molar-refractivity contribution is 0.237. The van der Waals surface area contributed by atoms with Crippen LogP contribution in [0.2, 0.25) is 0 Å². The average Bonchev–Trinajstić information content (AvgIpc) is 2.60. The third kappa shape index (κ3) is 5.37. The van der Waals surface area contributed by atoms with E-state index in [2.05, 4.69) is 38.6 Å². The molecule has 2 aromatic carbocycles. The monoisotopic (exact) mass is 359 g/mol. The van der Waals surface area contributed by atoms with E-state index in [0.29, 0.717) is 13.1 Å². The van der Waals surface area contributed by atoms with Crippen LogP contribution in [0.1, 0.15) is 23.6 Å². The van der Waals surface area contributed by atoms with Crippen molar-refractivity contribution in [3.63, 3.8) is 0 Å². The molecule has 134 valence electrons. The van der Waals surface area contributed by atoms with Crippen molar-refractivity contribution in [1.82, 2.24) is 14.3 Å². The SMILES string of the molecule is C[C@H](CN1CCc2ccccc2C1)NS(=O)(=O)NCc1ccccc1. The predicted molar refractivity (Wildman–Crippen MR) is 100 cm³/mol. The molecule has 0 spiro atoms. The smallest absolute Gasteiger partial charge is 0.277 e. The third-order valence-electron chi connectivity index (χ3n) is 4.41. The molecule has 5 nitrogen and oxygen atoms in total. The second-order valence-corrected chi connectivity index (χ2v) is 8.11. The van der Waals surface area contributed by atoms with Gasteiger partial charge < -0.3 is 0 Å². The first-order valence-corrected chi connectivity index (χ1v) is 10.1. The van der Waals surface area contributed by atoms with Crippen LogP contribution in [0.15, 0.2) is 54.6 Å². The summed E-state index contributed by atoms with van der Waals surface area (Å²) >= 11 is 0. The highest BCUT2D eigenvalue weighted by Gasteiger charge is 2.20. The van der Waals surface area contributed by atoms with E-state index in [0.717, 1.165) is 25.1 Å². The van der Waals surface area contributed by atoms with E-state index < -0.39 is 10.2 Å². The van der Waals surface area contributed by atoms with Crippen molar-refractivity contribution in [2.45, 2.75) is 32.5 Å². The number of nitrogens with one attached hydrogen (secondary N) is 2. The summed E-state index contributed by atoms with van der Waals surface area (Å²) in [4.78, 5) is 2.30. The molecule has 0 saturated carbocycles. The number of benzene rings is 2. The Balaban J connectivity index is 1.49. The number of rotatable bonds is 7. The van der Waals surface area contributed by atoms with Crippen LogP contribution in [0, 0.1) is 0 Å². The van der Waals surface area contributed by atoms with Gasteiger partial charge >= 0.3 is 0 Å². The zero-order valence-electron chi connectivity index (χ0n) is 14.5. The van der Waals surface area contributed by atoms with Crippen LogP contribution in [0.3, 0.4) is 0 Å². The van der Waals surface area contributed by atoms with Gasteiger partial charge in [-0.2, -0.15) is 17.9 Å². The van der Waals surface area contributed by atoms with Crippen molar-refractivity contribution in [2.24, 2.45) is 0 Å². The zero-order chi connectivity index (χ0) is 17.7. The van der Waals surface area contributed by atoms with Gasteiger partial charge in [0.15, 0.2) is 0 Å². The van der Waals surface area contributed by atoms with Gasteiger partial charge in [-0.25, -0.2) is 0 Å². The van der Waals surface area contributed by atoms with Crippen molar-refractivity contribution in [3.8, 4) is 0 Å². The maximum Gasteiger partial charge on any atom is 0.277 e. The van der Waals surface area contributed by atoms with Crippen LogP contribution in [0.25, 0.3) is 0 Å². The summed E-state index contributed by atoms with van der Waals surface area (Å²) in [7, 11) is -3.52. The summed E-state index contributed by atoms with van der Waals surface area (Å²) in [5, 5.41) is 0. The summed E-state index contributed by atoms with van der Waals surface area (Å²) in [6.45, 7) is 4.73. The van der Waals surface area contributed by atoms with E-state index in [1.165, 1.54) is 11.1 Å². The molecule has 0 aliphatic carbocycles. The summed E-state index contributed by atoms with van der Waals surface area (Å²) < 4.78 is 29.7. The van der Waals surface area contributed by atoms with E-state index in [-0.39, 0.29) is 6.04 Å². The standard InChI is InChI=1S/C19H25N3O2S/c1-16(14-22-12-11-18-9-5-6-10-19(18)15-22)21-25(23,24)20-13-17-7-3-2-4-8-17/h2-10,16,20-21H,11-15H2,1H3/t16-/m1/s1. The summed E-state index contributed by atoms with van der Waals surface area (Å²) in [6, 6.07) is 17.8. The van der Waals surface area contributed by atoms with Crippen LogP contribution < -0.4 is 9.44 Å². The number of hydrogen-bond donors (Lipinski definition) is 2. The minimum Gasteiger partial charge on any atom is -0.297 e. The minimum absolute atomic E-state index is 0.154. The molecule has 6 heteroatoms. The quantitative estimate of drug-likeness (QED) is 0.795. The van der Waals surface area contributed by atoms with Gasteiger partial charge in [0.2, 0.25) is 0 Å². The Morgan fingerprint density at radius 1 is 1.04 bits per heavy atom. The topological polar surface area (TPSA) is 61.4 Å². The molecular formula is C19H25N3O2S. The highest BCUT2D eigenvalue weighted by atomic mass is 32.2. The van der Waals surface area contributed by atoms with Gasteiger partial charge in [0.1, 0.15) is 0 Å². The molecule has 1 heterocycles. The van der Waals surface area contributed by atoms with Crippen LogP contribution in [-0.2, 0) is 29.7 Å². The Bertz CT molecular complexity index is 793. The normalized spacial score (nSPS) is 16.4. The van der Waals surface area contributed by atoms with Crippen LogP contribution in [-0.4, -0.2) is 32.4 Å². The van der Waals surface area contributed by atoms with Crippen molar-refractivity contribution in [1.29, 1.82) is 0 Å². The van der Waals surface area contributed by atoms with Gasteiger partial charge in [0, 0.05) is 32.2 Å². The van der Waals surface area contributed by atoms with Crippen molar-refractivity contribution in [2.75, 3.05) is 13.1 Å². The molecule has 1 aliphatic rings. The first-order chi connectivity index (χ1) is 12.0. The molecular weight excluding hydrogens is 334 g/mol. The molecule has 3 rings (SSSR count). The highest BCUT2D eigenvalue weighted by Crippen LogP contribution is 2.18. The largest absolute Gasteiger partial charge is 0.297 e. The molecule has 0 bridgehead atoms. The Hall–Kier alpha value is -1.73. The summed E-state index contributed by atoms with van der Waals surface area (Å²) in [6.07, 6.45) is 1.02. The fraction of sp³-hybridized carbons (Fsp3) is 0.368. The number of nitrogens with zero attached hydrogens (tertiary/aromatic N) is 1. The molecule has 2 aromatic rings. The fourth-order valence-corrected chi connectivity index (χ4v) is 4.26. The van der Waals surface area contributed by atoms with Crippen LogP contribution in [0.4, 0.5) is 0 Å². The van der Waals surface area contributed by atoms with Crippen LogP contribution >= 0.6 is 0 Å². The lowest BCUT2D eigenvalue weighted by Gasteiger charge is -2.31. The van der Waals surface area contributed by atoms with Crippen LogP contribution in [0.5, 0.6) is 0 Å². The molecule has 0 fully saturated rings. The van der Waals surface area contributed by atoms with E-state index in [1.54, 1.807) is 0 Å². The average molecular weight is 359 g/mol. The first kappa shape index (κ1) is 18.1. The molecule has 1 aliphatic heterocycles. The Kier molecular flexibility index (Phi) is 5.86. The van der Waals surface area contributed by atoms with Gasteiger partial charge in [0.25, 0.3) is 10.2 Å². The van der Waals surface area contributed by atoms with E-state index >= 15 is 0 Å². The Morgan fingerprint density at radius 2 is 1.72 bits per heavy atom. The Labute approximate surface area is 150 Å². The lowest BCUT2D eigenvalue weighted by Crippen LogP contribution is -2.47. The maximum atomic E-state index is 12.2. The molecule has 0 aromatic heterocycles. The number of fused-ring (bicyclic) bond motifs is 1. The molecule has 25 heavy (non-hydrogen) atoms. The minimum atomic E-state index is -3.52. The molecule has 0 saturated heterocycles. The number of hydrogen-bond acceptors (Lipinski definition) is 3. The predicted octanol–water partition coefficient (Wildman–Crippen LogP) is 2.06. The first-order valence-electron chi connectivity index (χ1n) is 8.62. The molecule has 0 radical (unpaired) electrons. The third-order valence-corrected chi connectivity index (χ3v) is 5.64. The van der Waals surface area contributed by atoms with Gasteiger partial charge in [0.05, 0.1) is 0 Å². The second kappa shape index (κ2) is 8.10. The Morgan fingerprint density at radius 3 is 2.48 bits per heavy atom. The van der Waals surface area contributed by atoms with E-state index in [9.17, 15) is 8.42 Å². The molecule has 0 amide bonds. The van der Waals surface area contributed by atoms with Gasteiger partial charge in [-0.05, 0) is 30.0 Å². The second-order valence-electron chi connectivity index (χ2n) is 6.58. The van der Waals surface area contributed by atoms with Crippen molar-refractivity contribution in [3.05, 3.63) is 71.3 Å². The molecule has 0 unspecified atom stereocenters.